The fraction of sp³-hybridized carbons (Fsp3) is 0.381. The Morgan fingerprint density at radius 3 is 2.48 bits per heavy atom. The Morgan fingerprint density at radius 1 is 1.22 bits per heavy atom. The SMILES string of the molecule is CC#CC(=O)N1CCC(c2nc(N(C)C)ncc2-c2ccc(F)cc2)CC1. The maximum absolute atomic E-state index is 13.3. The molecule has 0 aliphatic carbocycles. The summed E-state index contributed by atoms with van der Waals surface area (Å²) in [5.41, 5.74) is 2.76. The minimum absolute atomic E-state index is 0.119. The summed E-state index contributed by atoms with van der Waals surface area (Å²) < 4.78 is 13.3. The van der Waals surface area contributed by atoms with E-state index in [0.29, 0.717) is 19.0 Å². The molecule has 0 saturated carbocycles. The lowest BCUT2D eigenvalue weighted by molar-refractivity contribution is -0.126. The standard InChI is InChI=1S/C21H23FN4O/c1-4-5-19(27)26-12-10-16(11-13-26)20-18(14-23-21(24-20)25(2)3)15-6-8-17(22)9-7-15/h6-9,14,16H,10-13H2,1-3H3. The zero-order valence-electron chi connectivity index (χ0n) is 15.9. The molecule has 1 aromatic carbocycles. The van der Waals surface area contributed by atoms with Gasteiger partial charge in [-0.05, 0) is 43.4 Å². The third-order valence-corrected chi connectivity index (χ3v) is 4.76. The van der Waals surface area contributed by atoms with Gasteiger partial charge in [0.1, 0.15) is 5.82 Å². The van der Waals surface area contributed by atoms with Crippen molar-refractivity contribution in [3.8, 4) is 23.0 Å². The third-order valence-electron chi connectivity index (χ3n) is 4.76. The smallest absolute Gasteiger partial charge is 0.298 e. The van der Waals surface area contributed by atoms with E-state index in [-0.39, 0.29) is 17.6 Å². The van der Waals surface area contributed by atoms with E-state index in [4.69, 9.17) is 4.98 Å². The predicted octanol–water partition coefficient (Wildman–Crippen LogP) is 3.08. The van der Waals surface area contributed by atoms with Gasteiger partial charge in [0.05, 0.1) is 5.69 Å². The average molecular weight is 366 g/mol. The summed E-state index contributed by atoms with van der Waals surface area (Å²) in [5, 5.41) is 0. The largest absolute Gasteiger partial charge is 0.347 e. The molecule has 0 N–H and O–H groups in total. The van der Waals surface area contributed by atoms with Gasteiger partial charge in [-0.3, -0.25) is 4.79 Å². The van der Waals surface area contributed by atoms with Crippen LogP contribution in [0.5, 0.6) is 0 Å². The van der Waals surface area contributed by atoms with Gasteiger partial charge in [-0.2, -0.15) is 0 Å². The van der Waals surface area contributed by atoms with Gasteiger partial charge >= 0.3 is 0 Å². The number of hydrogen-bond acceptors (Lipinski definition) is 4. The molecular weight excluding hydrogens is 343 g/mol. The van der Waals surface area contributed by atoms with E-state index in [0.717, 1.165) is 29.7 Å². The first-order valence-electron chi connectivity index (χ1n) is 9.01. The Bertz CT molecular complexity index is 875. The molecule has 140 valence electrons. The van der Waals surface area contributed by atoms with Crippen molar-refractivity contribution in [1.82, 2.24) is 14.9 Å². The molecule has 1 aliphatic rings. The molecular formula is C21H23FN4O. The van der Waals surface area contributed by atoms with Crippen molar-refractivity contribution in [2.24, 2.45) is 0 Å². The Labute approximate surface area is 159 Å². The highest BCUT2D eigenvalue weighted by Crippen LogP contribution is 2.34. The van der Waals surface area contributed by atoms with Crippen LogP contribution in [-0.4, -0.2) is 48.0 Å². The van der Waals surface area contributed by atoms with E-state index in [2.05, 4.69) is 16.8 Å². The molecule has 3 rings (SSSR count). The fourth-order valence-corrected chi connectivity index (χ4v) is 3.31. The number of carbonyl (C=O) groups excluding carboxylic acids is 1. The Morgan fingerprint density at radius 2 is 1.89 bits per heavy atom. The van der Waals surface area contributed by atoms with Crippen molar-refractivity contribution in [3.63, 3.8) is 0 Å². The quantitative estimate of drug-likeness (QED) is 0.784. The zero-order chi connectivity index (χ0) is 19.4. The number of carbonyl (C=O) groups is 1. The maximum atomic E-state index is 13.3. The fourth-order valence-electron chi connectivity index (χ4n) is 3.31. The third kappa shape index (κ3) is 4.25. The highest BCUT2D eigenvalue weighted by molar-refractivity contribution is 5.93. The van der Waals surface area contributed by atoms with Crippen molar-refractivity contribution in [3.05, 3.63) is 42.0 Å². The van der Waals surface area contributed by atoms with Crippen LogP contribution in [0.2, 0.25) is 0 Å². The highest BCUT2D eigenvalue weighted by Gasteiger charge is 2.27. The Balaban J connectivity index is 1.91. The van der Waals surface area contributed by atoms with Crippen molar-refractivity contribution >= 4 is 11.9 Å². The van der Waals surface area contributed by atoms with E-state index in [1.807, 2.05) is 25.2 Å². The molecule has 6 heteroatoms. The Kier molecular flexibility index (Phi) is 5.70. The van der Waals surface area contributed by atoms with Crippen LogP contribution < -0.4 is 4.90 Å². The van der Waals surface area contributed by atoms with Gasteiger partial charge < -0.3 is 9.80 Å². The van der Waals surface area contributed by atoms with Crippen molar-refractivity contribution < 1.29 is 9.18 Å². The van der Waals surface area contributed by atoms with Gasteiger partial charge in [-0.1, -0.05) is 18.1 Å². The van der Waals surface area contributed by atoms with Crippen LogP contribution in [0.4, 0.5) is 10.3 Å². The number of piperidine rings is 1. The van der Waals surface area contributed by atoms with Crippen LogP contribution in [0, 0.1) is 17.7 Å². The van der Waals surface area contributed by atoms with Crippen LogP contribution in [0.1, 0.15) is 31.4 Å². The molecule has 1 fully saturated rings. The van der Waals surface area contributed by atoms with Crippen LogP contribution >= 0.6 is 0 Å². The van der Waals surface area contributed by atoms with Gasteiger partial charge in [0.2, 0.25) is 5.95 Å². The van der Waals surface area contributed by atoms with Crippen molar-refractivity contribution in [2.45, 2.75) is 25.7 Å². The van der Waals surface area contributed by atoms with E-state index in [1.165, 1.54) is 12.1 Å². The predicted molar refractivity (Wildman–Crippen MR) is 104 cm³/mol. The first-order valence-corrected chi connectivity index (χ1v) is 9.01. The number of rotatable bonds is 3. The summed E-state index contributed by atoms with van der Waals surface area (Å²) in [5.74, 6) is 5.74. The van der Waals surface area contributed by atoms with Crippen LogP contribution in [0.3, 0.4) is 0 Å². The molecule has 1 aromatic heterocycles. The number of anilines is 1. The van der Waals surface area contributed by atoms with Gasteiger partial charge in [0, 0.05) is 44.9 Å². The normalized spacial score (nSPS) is 14.4. The number of likely N-dealkylation sites (tertiary alicyclic amines) is 1. The minimum atomic E-state index is -0.269. The second-order valence-corrected chi connectivity index (χ2v) is 6.81. The lowest BCUT2D eigenvalue weighted by atomic mass is 9.89. The molecule has 0 radical (unpaired) electrons. The number of amides is 1. The molecule has 1 amide bonds. The lowest BCUT2D eigenvalue weighted by Gasteiger charge is -2.31. The molecule has 0 atom stereocenters. The summed E-state index contributed by atoms with van der Waals surface area (Å²) in [6.07, 6.45) is 3.44. The molecule has 2 heterocycles. The molecule has 0 unspecified atom stereocenters. The zero-order valence-corrected chi connectivity index (χ0v) is 15.9. The number of nitrogens with zero attached hydrogens (tertiary/aromatic N) is 4. The van der Waals surface area contributed by atoms with Gasteiger partial charge in [-0.25, -0.2) is 14.4 Å². The van der Waals surface area contributed by atoms with E-state index >= 15 is 0 Å². The number of benzene rings is 1. The summed E-state index contributed by atoms with van der Waals surface area (Å²) in [4.78, 5) is 24.9. The van der Waals surface area contributed by atoms with E-state index in [1.54, 1.807) is 24.0 Å². The highest BCUT2D eigenvalue weighted by atomic mass is 19.1. The maximum Gasteiger partial charge on any atom is 0.298 e. The number of halogens is 1. The van der Waals surface area contributed by atoms with Crippen molar-refractivity contribution in [1.29, 1.82) is 0 Å². The average Bonchev–Trinajstić information content (AvgIpc) is 2.68. The first-order chi connectivity index (χ1) is 13.0. The van der Waals surface area contributed by atoms with E-state index < -0.39 is 0 Å². The molecule has 1 saturated heterocycles. The minimum Gasteiger partial charge on any atom is -0.347 e. The second-order valence-electron chi connectivity index (χ2n) is 6.81. The first kappa shape index (κ1) is 18.8. The molecule has 27 heavy (non-hydrogen) atoms. The summed E-state index contributed by atoms with van der Waals surface area (Å²) >= 11 is 0. The number of aromatic nitrogens is 2. The van der Waals surface area contributed by atoms with Gasteiger partial charge in [-0.15, -0.1) is 0 Å². The Hall–Kier alpha value is -2.94. The van der Waals surface area contributed by atoms with Crippen LogP contribution in [-0.2, 0) is 4.79 Å². The summed E-state index contributed by atoms with van der Waals surface area (Å²) in [6, 6.07) is 6.40. The monoisotopic (exact) mass is 366 g/mol. The molecule has 5 nitrogen and oxygen atoms in total. The molecule has 2 aromatic rings. The van der Waals surface area contributed by atoms with Gasteiger partial charge in [0.15, 0.2) is 0 Å². The van der Waals surface area contributed by atoms with Gasteiger partial charge in [0.25, 0.3) is 5.91 Å². The van der Waals surface area contributed by atoms with Crippen LogP contribution in [0.15, 0.2) is 30.5 Å². The lowest BCUT2D eigenvalue weighted by Crippen LogP contribution is -2.37. The molecule has 0 spiro atoms. The van der Waals surface area contributed by atoms with Crippen LogP contribution in [0.25, 0.3) is 11.1 Å². The summed E-state index contributed by atoms with van der Waals surface area (Å²) in [7, 11) is 3.81. The molecule has 1 aliphatic heterocycles. The molecule has 0 bridgehead atoms. The van der Waals surface area contributed by atoms with E-state index in [9.17, 15) is 9.18 Å². The number of hydrogen-bond donors (Lipinski definition) is 0. The second kappa shape index (κ2) is 8.17. The van der Waals surface area contributed by atoms with Crippen molar-refractivity contribution in [2.75, 3.05) is 32.1 Å². The topological polar surface area (TPSA) is 49.3 Å². The summed E-state index contributed by atoms with van der Waals surface area (Å²) in [6.45, 7) is 2.98.